The molecule has 72 valence electrons. The van der Waals surface area contributed by atoms with Crippen LogP contribution in [0.3, 0.4) is 0 Å². The fourth-order valence-electron chi connectivity index (χ4n) is 0.692. The molecule has 2 N–H and O–H groups in total. The van der Waals surface area contributed by atoms with E-state index in [1.54, 1.807) is 0 Å². The zero-order valence-corrected chi connectivity index (χ0v) is 8.43. The Hall–Kier alpha value is -0.810. The van der Waals surface area contributed by atoms with Gasteiger partial charge in [0.2, 0.25) is 5.89 Å². The lowest BCUT2D eigenvalue weighted by Gasteiger charge is -1.94. The fourth-order valence-corrected chi connectivity index (χ4v) is 1.57. The van der Waals surface area contributed by atoms with Crippen LogP contribution in [0.1, 0.15) is 19.2 Å². The van der Waals surface area contributed by atoms with E-state index in [0.29, 0.717) is 17.7 Å². The Morgan fingerprint density at radius 3 is 2.92 bits per heavy atom. The highest BCUT2D eigenvalue weighted by Gasteiger charge is 2.03. The number of nitrogens with zero attached hydrogens (tertiary/aromatic N) is 2. The van der Waals surface area contributed by atoms with Gasteiger partial charge in [-0.3, -0.25) is 0 Å². The maximum Gasteiger partial charge on any atom is 0.276 e. The molecule has 13 heavy (non-hydrogen) atoms. The van der Waals surface area contributed by atoms with Crippen molar-refractivity contribution in [1.29, 1.82) is 0 Å². The first kappa shape index (κ1) is 10.3. The zero-order valence-electron chi connectivity index (χ0n) is 7.62. The quantitative estimate of drug-likeness (QED) is 0.576. The van der Waals surface area contributed by atoms with Crippen molar-refractivity contribution >= 4 is 11.8 Å². The summed E-state index contributed by atoms with van der Waals surface area (Å²) in [7, 11) is 0. The number of thioether (sulfide) groups is 1. The number of rotatable bonds is 5. The standard InChI is InChI=1S/C8H13N3OS/c1-6(2)3-4-13-8-11-10-7(5-9)12-8/h1,3-5,9H2,2H3. The second kappa shape index (κ2) is 5.04. The van der Waals surface area contributed by atoms with Crippen LogP contribution in [0, 0.1) is 0 Å². The van der Waals surface area contributed by atoms with E-state index in [9.17, 15) is 0 Å². The predicted molar refractivity (Wildman–Crippen MR) is 52.3 cm³/mol. The number of hydrogen-bond donors (Lipinski definition) is 1. The van der Waals surface area contributed by atoms with E-state index in [2.05, 4.69) is 16.8 Å². The van der Waals surface area contributed by atoms with Gasteiger partial charge in [0.05, 0.1) is 6.54 Å². The van der Waals surface area contributed by atoms with Crippen molar-refractivity contribution < 1.29 is 4.42 Å². The normalized spacial score (nSPS) is 10.3. The molecule has 4 nitrogen and oxygen atoms in total. The van der Waals surface area contributed by atoms with Crippen molar-refractivity contribution in [3.05, 3.63) is 18.0 Å². The SMILES string of the molecule is C=C(C)CCSc1nnc(CN)o1. The van der Waals surface area contributed by atoms with E-state index >= 15 is 0 Å². The Balaban J connectivity index is 2.32. The number of hydrogen-bond acceptors (Lipinski definition) is 5. The second-order valence-electron chi connectivity index (χ2n) is 2.72. The summed E-state index contributed by atoms with van der Waals surface area (Å²) >= 11 is 1.53. The van der Waals surface area contributed by atoms with Gasteiger partial charge in [0.15, 0.2) is 0 Å². The van der Waals surface area contributed by atoms with E-state index in [0.717, 1.165) is 17.7 Å². The first-order valence-electron chi connectivity index (χ1n) is 4.02. The van der Waals surface area contributed by atoms with Gasteiger partial charge in [0.1, 0.15) is 0 Å². The van der Waals surface area contributed by atoms with Crippen LogP contribution >= 0.6 is 11.8 Å². The van der Waals surface area contributed by atoms with Gasteiger partial charge in [0.25, 0.3) is 5.22 Å². The third-order valence-electron chi connectivity index (χ3n) is 1.38. The van der Waals surface area contributed by atoms with Crippen molar-refractivity contribution in [1.82, 2.24) is 10.2 Å². The molecule has 0 amide bonds. The first-order valence-corrected chi connectivity index (χ1v) is 5.00. The van der Waals surface area contributed by atoms with E-state index in [-0.39, 0.29) is 0 Å². The molecule has 0 radical (unpaired) electrons. The molecule has 1 rings (SSSR count). The average molecular weight is 199 g/mol. The highest BCUT2D eigenvalue weighted by atomic mass is 32.2. The first-order chi connectivity index (χ1) is 6.22. The average Bonchev–Trinajstić information content (AvgIpc) is 2.52. The lowest BCUT2D eigenvalue weighted by Crippen LogP contribution is -1.95. The molecule has 1 aromatic rings. The van der Waals surface area contributed by atoms with E-state index in [1.807, 2.05) is 6.92 Å². The van der Waals surface area contributed by atoms with Crippen LogP contribution in [0.25, 0.3) is 0 Å². The third-order valence-corrected chi connectivity index (χ3v) is 2.20. The van der Waals surface area contributed by atoms with Gasteiger partial charge in [-0.2, -0.15) is 0 Å². The minimum absolute atomic E-state index is 0.300. The fraction of sp³-hybridized carbons (Fsp3) is 0.500. The van der Waals surface area contributed by atoms with Crippen LogP contribution in [-0.4, -0.2) is 16.0 Å². The van der Waals surface area contributed by atoms with Gasteiger partial charge in [0, 0.05) is 5.75 Å². The Morgan fingerprint density at radius 1 is 1.62 bits per heavy atom. The number of aromatic nitrogens is 2. The summed E-state index contributed by atoms with van der Waals surface area (Å²) < 4.78 is 5.20. The highest BCUT2D eigenvalue weighted by molar-refractivity contribution is 7.99. The summed E-state index contributed by atoms with van der Waals surface area (Å²) in [6, 6.07) is 0. The monoisotopic (exact) mass is 199 g/mol. The van der Waals surface area contributed by atoms with Crippen LogP contribution < -0.4 is 5.73 Å². The molecule has 1 aromatic heterocycles. The van der Waals surface area contributed by atoms with Gasteiger partial charge < -0.3 is 10.2 Å². The van der Waals surface area contributed by atoms with Gasteiger partial charge in [-0.15, -0.1) is 16.8 Å². The Bertz CT molecular complexity index is 285. The Kier molecular flexibility index (Phi) is 3.98. The lowest BCUT2D eigenvalue weighted by molar-refractivity contribution is 0.415. The molecule has 0 fully saturated rings. The largest absolute Gasteiger partial charge is 0.415 e. The summed E-state index contributed by atoms with van der Waals surface area (Å²) in [6.45, 7) is 6.11. The van der Waals surface area contributed by atoms with Crippen molar-refractivity contribution in [2.45, 2.75) is 25.1 Å². The van der Waals surface area contributed by atoms with E-state index in [4.69, 9.17) is 10.2 Å². The Labute approximate surface area is 81.6 Å². The molecule has 0 atom stereocenters. The summed E-state index contributed by atoms with van der Waals surface area (Å²) in [4.78, 5) is 0. The van der Waals surface area contributed by atoms with Crippen molar-refractivity contribution in [3.8, 4) is 0 Å². The van der Waals surface area contributed by atoms with E-state index < -0.39 is 0 Å². The Morgan fingerprint density at radius 2 is 2.38 bits per heavy atom. The van der Waals surface area contributed by atoms with Crippen molar-refractivity contribution in [2.75, 3.05) is 5.75 Å². The molecule has 0 bridgehead atoms. The molecule has 0 aromatic carbocycles. The van der Waals surface area contributed by atoms with Crippen LogP contribution in [0.5, 0.6) is 0 Å². The zero-order chi connectivity index (χ0) is 9.68. The second-order valence-corrected chi connectivity index (χ2v) is 3.77. The molecule has 0 spiro atoms. The molecular formula is C8H13N3OS. The van der Waals surface area contributed by atoms with E-state index in [1.165, 1.54) is 11.8 Å². The molecule has 1 heterocycles. The molecular weight excluding hydrogens is 186 g/mol. The van der Waals surface area contributed by atoms with Gasteiger partial charge >= 0.3 is 0 Å². The molecule has 0 saturated heterocycles. The lowest BCUT2D eigenvalue weighted by atomic mass is 10.3. The van der Waals surface area contributed by atoms with Crippen LogP contribution in [0.15, 0.2) is 21.8 Å². The maximum atomic E-state index is 5.32. The summed E-state index contributed by atoms with van der Waals surface area (Å²) in [5.74, 6) is 1.40. The maximum absolute atomic E-state index is 5.32. The third kappa shape index (κ3) is 3.61. The smallest absolute Gasteiger partial charge is 0.276 e. The molecule has 0 aliphatic carbocycles. The van der Waals surface area contributed by atoms with Gasteiger partial charge in [-0.1, -0.05) is 17.3 Å². The summed E-state index contributed by atoms with van der Waals surface area (Å²) in [5, 5.41) is 8.15. The summed E-state index contributed by atoms with van der Waals surface area (Å²) in [6.07, 6.45) is 0.963. The van der Waals surface area contributed by atoms with Crippen molar-refractivity contribution in [3.63, 3.8) is 0 Å². The highest BCUT2D eigenvalue weighted by Crippen LogP contribution is 2.17. The van der Waals surface area contributed by atoms with Gasteiger partial charge in [-0.25, -0.2) is 0 Å². The molecule has 5 heteroatoms. The van der Waals surface area contributed by atoms with Crippen LogP contribution in [0.2, 0.25) is 0 Å². The molecule has 0 aliphatic heterocycles. The minimum Gasteiger partial charge on any atom is -0.415 e. The number of allylic oxidation sites excluding steroid dienone is 1. The van der Waals surface area contributed by atoms with Crippen molar-refractivity contribution in [2.24, 2.45) is 5.73 Å². The van der Waals surface area contributed by atoms with Crippen LogP contribution in [-0.2, 0) is 6.54 Å². The molecule has 0 unspecified atom stereocenters. The topological polar surface area (TPSA) is 64.9 Å². The predicted octanol–water partition coefficient (Wildman–Crippen LogP) is 1.59. The molecule has 0 aliphatic rings. The van der Waals surface area contributed by atoms with Gasteiger partial charge in [-0.05, 0) is 13.3 Å². The van der Waals surface area contributed by atoms with Crippen LogP contribution in [0.4, 0.5) is 0 Å². The number of nitrogens with two attached hydrogens (primary N) is 1. The minimum atomic E-state index is 0.300. The summed E-state index contributed by atoms with van der Waals surface area (Å²) in [5.41, 5.74) is 6.48. The molecule has 0 saturated carbocycles.